The van der Waals surface area contributed by atoms with Gasteiger partial charge in [-0.3, -0.25) is 9.25 Å². The van der Waals surface area contributed by atoms with Crippen molar-refractivity contribution < 1.29 is 0 Å². The van der Waals surface area contributed by atoms with E-state index in [-0.39, 0.29) is 0 Å². The molecule has 1 aliphatic heterocycles. The standard InChI is InChI=1S/C17H24N6/c1-11-8-12(2)22(20-11)10-16-18-19-17(23(16)14-6-7-14)21-9-13-4-3-5-15(13)21/h8,13-15H,3-7,9-10H2,1-2H3. The highest BCUT2D eigenvalue weighted by Crippen LogP contribution is 2.45. The highest BCUT2D eigenvalue weighted by molar-refractivity contribution is 5.40. The molecule has 1 saturated heterocycles. The molecule has 122 valence electrons. The molecule has 0 N–H and O–H groups in total. The van der Waals surface area contributed by atoms with Gasteiger partial charge in [-0.25, -0.2) is 0 Å². The summed E-state index contributed by atoms with van der Waals surface area (Å²) < 4.78 is 4.46. The first-order valence-electron chi connectivity index (χ1n) is 8.92. The maximum atomic E-state index is 4.59. The van der Waals surface area contributed by atoms with Gasteiger partial charge in [-0.05, 0) is 51.5 Å². The van der Waals surface area contributed by atoms with Crippen LogP contribution in [0.15, 0.2) is 6.07 Å². The number of anilines is 1. The van der Waals surface area contributed by atoms with E-state index in [9.17, 15) is 0 Å². The number of hydrogen-bond donors (Lipinski definition) is 0. The molecule has 2 aromatic heterocycles. The van der Waals surface area contributed by atoms with Crippen LogP contribution in [0.4, 0.5) is 5.95 Å². The lowest BCUT2D eigenvalue weighted by atomic mass is 9.92. The van der Waals surface area contributed by atoms with Crippen molar-refractivity contribution in [3.05, 3.63) is 23.3 Å². The molecule has 0 spiro atoms. The van der Waals surface area contributed by atoms with Gasteiger partial charge < -0.3 is 4.90 Å². The summed E-state index contributed by atoms with van der Waals surface area (Å²) in [5, 5.41) is 13.7. The van der Waals surface area contributed by atoms with Gasteiger partial charge >= 0.3 is 0 Å². The van der Waals surface area contributed by atoms with E-state index in [1.165, 1.54) is 44.3 Å². The van der Waals surface area contributed by atoms with E-state index >= 15 is 0 Å². The van der Waals surface area contributed by atoms with Crippen molar-refractivity contribution in [3.8, 4) is 0 Å². The lowest BCUT2D eigenvalue weighted by Gasteiger charge is -2.45. The van der Waals surface area contributed by atoms with Crippen molar-refractivity contribution >= 4 is 5.95 Å². The Morgan fingerprint density at radius 1 is 1.13 bits per heavy atom. The molecule has 2 unspecified atom stereocenters. The van der Waals surface area contributed by atoms with E-state index in [2.05, 4.69) is 42.4 Å². The first-order valence-corrected chi connectivity index (χ1v) is 8.92. The Balaban J connectivity index is 1.47. The predicted molar refractivity (Wildman–Crippen MR) is 87.6 cm³/mol. The minimum atomic E-state index is 0.604. The summed E-state index contributed by atoms with van der Waals surface area (Å²) in [5.41, 5.74) is 2.26. The van der Waals surface area contributed by atoms with Crippen LogP contribution in [0.5, 0.6) is 0 Å². The number of fused-ring (bicyclic) bond motifs is 1. The Morgan fingerprint density at radius 3 is 2.70 bits per heavy atom. The van der Waals surface area contributed by atoms with Crippen molar-refractivity contribution in [3.63, 3.8) is 0 Å². The molecular formula is C17H24N6. The monoisotopic (exact) mass is 312 g/mol. The second-order valence-electron chi connectivity index (χ2n) is 7.51. The van der Waals surface area contributed by atoms with Crippen molar-refractivity contribution in [1.29, 1.82) is 0 Å². The molecule has 23 heavy (non-hydrogen) atoms. The molecule has 3 heterocycles. The average Bonchev–Trinajstić information content (AvgIpc) is 3.04. The Labute approximate surface area is 136 Å². The fourth-order valence-corrected chi connectivity index (χ4v) is 4.41. The molecule has 2 saturated carbocycles. The van der Waals surface area contributed by atoms with Crippen LogP contribution in [-0.4, -0.2) is 37.1 Å². The van der Waals surface area contributed by atoms with Crippen molar-refractivity contribution in [2.45, 2.75) is 64.6 Å². The molecule has 5 rings (SSSR count). The second kappa shape index (κ2) is 4.82. The second-order valence-corrected chi connectivity index (χ2v) is 7.51. The highest BCUT2D eigenvalue weighted by atomic mass is 15.5. The zero-order chi connectivity index (χ0) is 15.6. The van der Waals surface area contributed by atoms with Crippen molar-refractivity contribution in [2.24, 2.45) is 5.92 Å². The van der Waals surface area contributed by atoms with E-state index < -0.39 is 0 Å². The predicted octanol–water partition coefficient (Wildman–Crippen LogP) is 2.46. The molecule has 0 bridgehead atoms. The third-order valence-corrected chi connectivity index (χ3v) is 5.76. The molecule has 0 radical (unpaired) electrons. The lowest BCUT2D eigenvalue weighted by molar-refractivity contribution is 0.328. The SMILES string of the molecule is Cc1cc(C)n(Cc2nnc(N3CC4CCCC43)n2C2CC2)n1. The molecule has 3 aliphatic rings. The quantitative estimate of drug-likeness (QED) is 0.870. The van der Waals surface area contributed by atoms with Crippen LogP contribution in [0.25, 0.3) is 0 Å². The summed E-state index contributed by atoms with van der Waals surface area (Å²) in [4.78, 5) is 2.51. The van der Waals surface area contributed by atoms with E-state index in [1.54, 1.807) is 0 Å². The largest absolute Gasteiger partial charge is 0.337 e. The molecule has 0 amide bonds. The highest BCUT2D eigenvalue weighted by Gasteiger charge is 2.45. The smallest absolute Gasteiger partial charge is 0.227 e. The first kappa shape index (κ1) is 13.6. The number of nitrogens with zero attached hydrogens (tertiary/aromatic N) is 6. The Kier molecular flexibility index (Phi) is 2.85. The fourth-order valence-electron chi connectivity index (χ4n) is 4.41. The number of aryl methyl sites for hydroxylation is 2. The van der Waals surface area contributed by atoms with Gasteiger partial charge in [0, 0.05) is 24.3 Å². The summed E-state index contributed by atoms with van der Waals surface area (Å²) in [6.07, 6.45) is 6.63. The van der Waals surface area contributed by atoms with Crippen LogP contribution in [0, 0.1) is 19.8 Å². The third-order valence-electron chi connectivity index (χ3n) is 5.76. The lowest BCUT2D eigenvalue weighted by Crippen LogP contribution is -2.54. The van der Waals surface area contributed by atoms with E-state index in [0.717, 1.165) is 36.0 Å². The van der Waals surface area contributed by atoms with E-state index in [1.807, 2.05) is 6.92 Å². The van der Waals surface area contributed by atoms with Crippen molar-refractivity contribution in [1.82, 2.24) is 24.5 Å². The van der Waals surface area contributed by atoms with Gasteiger partial charge in [-0.15, -0.1) is 10.2 Å². The molecular weight excluding hydrogens is 288 g/mol. The van der Waals surface area contributed by atoms with Gasteiger partial charge in [0.15, 0.2) is 5.82 Å². The topological polar surface area (TPSA) is 51.8 Å². The molecule has 3 fully saturated rings. The Morgan fingerprint density at radius 2 is 2.00 bits per heavy atom. The van der Waals surface area contributed by atoms with Crippen LogP contribution in [0.1, 0.15) is 55.4 Å². The average molecular weight is 312 g/mol. The fraction of sp³-hybridized carbons (Fsp3) is 0.706. The van der Waals surface area contributed by atoms with Gasteiger partial charge in [0.2, 0.25) is 5.95 Å². The Hall–Kier alpha value is -1.85. The van der Waals surface area contributed by atoms with Crippen LogP contribution >= 0.6 is 0 Å². The number of rotatable bonds is 4. The summed E-state index contributed by atoms with van der Waals surface area (Å²) in [7, 11) is 0. The van der Waals surface area contributed by atoms with Crippen LogP contribution in [0.3, 0.4) is 0 Å². The summed E-state index contributed by atoms with van der Waals surface area (Å²) in [5.74, 6) is 3.08. The summed E-state index contributed by atoms with van der Waals surface area (Å²) in [6, 6.07) is 3.45. The zero-order valence-corrected chi connectivity index (χ0v) is 13.9. The minimum Gasteiger partial charge on any atom is -0.337 e. The van der Waals surface area contributed by atoms with Crippen LogP contribution in [-0.2, 0) is 6.54 Å². The number of hydrogen-bond acceptors (Lipinski definition) is 4. The van der Waals surface area contributed by atoms with E-state index in [4.69, 9.17) is 0 Å². The van der Waals surface area contributed by atoms with E-state index in [0.29, 0.717) is 6.04 Å². The zero-order valence-electron chi connectivity index (χ0n) is 13.9. The first-order chi connectivity index (χ1) is 11.2. The van der Waals surface area contributed by atoms with Gasteiger partial charge in [0.1, 0.15) is 6.54 Å². The molecule has 2 aromatic rings. The third kappa shape index (κ3) is 2.11. The summed E-state index contributed by atoms with van der Waals surface area (Å²) in [6.45, 7) is 6.05. The van der Waals surface area contributed by atoms with Gasteiger partial charge in [-0.2, -0.15) is 5.10 Å². The van der Waals surface area contributed by atoms with Crippen molar-refractivity contribution in [2.75, 3.05) is 11.4 Å². The van der Waals surface area contributed by atoms with Gasteiger partial charge in [-0.1, -0.05) is 6.42 Å². The molecule has 0 aromatic carbocycles. The molecule has 6 nitrogen and oxygen atoms in total. The van der Waals surface area contributed by atoms with Crippen LogP contribution < -0.4 is 4.90 Å². The molecule has 2 aliphatic carbocycles. The molecule has 6 heteroatoms. The maximum absolute atomic E-state index is 4.59. The molecule has 2 atom stereocenters. The van der Waals surface area contributed by atoms with Crippen LogP contribution in [0.2, 0.25) is 0 Å². The van der Waals surface area contributed by atoms with Gasteiger partial charge in [0.25, 0.3) is 0 Å². The maximum Gasteiger partial charge on any atom is 0.227 e. The Bertz CT molecular complexity index is 740. The minimum absolute atomic E-state index is 0.604. The normalized spacial score (nSPS) is 26.4. The number of aromatic nitrogens is 5. The summed E-state index contributed by atoms with van der Waals surface area (Å²) >= 11 is 0. The van der Waals surface area contributed by atoms with Gasteiger partial charge in [0.05, 0.1) is 5.69 Å².